The number of halogens is 2. The quantitative estimate of drug-likeness (QED) is 0.760. The van der Waals surface area contributed by atoms with Gasteiger partial charge in [0.15, 0.2) is 0 Å². The molecule has 1 amide bonds. The van der Waals surface area contributed by atoms with Crippen molar-refractivity contribution < 1.29 is 19.4 Å². The van der Waals surface area contributed by atoms with Gasteiger partial charge < -0.3 is 19.9 Å². The van der Waals surface area contributed by atoms with E-state index < -0.39 is 17.8 Å². The lowest BCUT2D eigenvalue weighted by Crippen LogP contribution is -2.41. The van der Waals surface area contributed by atoms with Crippen LogP contribution in [0, 0.1) is 0 Å². The summed E-state index contributed by atoms with van der Waals surface area (Å²) < 4.78 is 10.8. The highest BCUT2D eigenvalue weighted by molar-refractivity contribution is 6.42. The Morgan fingerprint density at radius 3 is 2.77 bits per heavy atom. The van der Waals surface area contributed by atoms with E-state index in [0.29, 0.717) is 28.9 Å². The molecule has 2 N–H and O–H groups in total. The number of nitrogens with one attached hydrogen (secondary N) is 1. The molecule has 1 fully saturated rings. The summed E-state index contributed by atoms with van der Waals surface area (Å²) in [7, 11) is 0. The Hall–Kier alpha value is -1.21. The number of aliphatic hydroxyl groups is 1. The maximum absolute atomic E-state index is 11.8. The molecule has 146 valence electrons. The number of carbonyl (C=O) groups is 1. The zero-order valence-corrected chi connectivity index (χ0v) is 16.8. The lowest BCUT2D eigenvalue weighted by atomic mass is 10.2. The van der Waals surface area contributed by atoms with Gasteiger partial charge >= 0.3 is 6.09 Å². The van der Waals surface area contributed by atoms with Gasteiger partial charge in [-0.15, -0.1) is 0 Å². The first kappa shape index (κ1) is 21.1. The van der Waals surface area contributed by atoms with Gasteiger partial charge in [-0.3, -0.25) is 4.90 Å². The molecule has 1 aliphatic heterocycles. The highest BCUT2D eigenvalue weighted by Gasteiger charge is 2.27. The summed E-state index contributed by atoms with van der Waals surface area (Å²) in [4.78, 5) is 13.9. The average Bonchev–Trinajstić information content (AvgIpc) is 2.93. The molecule has 26 heavy (non-hydrogen) atoms. The van der Waals surface area contributed by atoms with Gasteiger partial charge in [0.2, 0.25) is 0 Å². The summed E-state index contributed by atoms with van der Waals surface area (Å²) >= 11 is 11.8. The number of benzene rings is 1. The second kappa shape index (κ2) is 9.13. The second-order valence-electron chi connectivity index (χ2n) is 7.43. The van der Waals surface area contributed by atoms with Gasteiger partial charge in [0.05, 0.1) is 10.0 Å². The molecule has 1 saturated heterocycles. The topological polar surface area (TPSA) is 71.0 Å². The molecule has 0 radical (unpaired) electrons. The summed E-state index contributed by atoms with van der Waals surface area (Å²) in [6, 6.07) is 5.00. The van der Waals surface area contributed by atoms with Crippen LogP contribution >= 0.6 is 23.2 Å². The molecule has 0 aromatic heterocycles. The normalized spacial score (nSPS) is 19.2. The molecular weight excluding hydrogens is 379 g/mol. The van der Waals surface area contributed by atoms with Crippen molar-refractivity contribution in [3.05, 3.63) is 28.2 Å². The van der Waals surface area contributed by atoms with Crippen molar-refractivity contribution in [2.75, 3.05) is 26.2 Å². The minimum absolute atomic E-state index is 0.0213. The summed E-state index contributed by atoms with van der Waals surface area (Å²) in [6.07, 6.45) is -0.239. The van der Waals surface area contributed by atoms with Crippen LogP contribution in [0.5, 0.6) is 5.75 Å². The minimum Gasteiger partial charge on any atom is -0.491 e. The van der Waals surface area contributed by atoms with Crippen molar-refractivity contribution in [3.8, 4) is 5.75 Å². The SMILES string of the molecule is CC(C)(C)OC(=O)NC1CCN(CC(O)COc2ccc(Cl)c(Cl)c2)C1. The van der Waals surface area contributed by atoms with Crippen LogP contribution in [0.3, 0.4) is 0 Å². The molecule has 2 unspecified atom stereocenters. The van der Waals surface area contributed by atoms with Crippen LogP contribution in [0.1, 0.15) is 27.2 Å². The molecule has 1 aliphatic rings. The largest absolute Gasteiger partial charge is 0.491 e. The highest BCUT2D eigenvalue weighted by atomic mass is 35.5. The highest BCUT2D eigenvalue weighted by Crippen LogP contribution is 2.26. The molecular formula is C18H26Cl2N2O4. The van der Waals surface area contributed by atoms with Gasteiger partial charge in [-0.25, -0.2) is 4.79 Å². The third-order valence-corrected chi connectivity index (χ3v) is 4.53. The number of ether oxygens (including phenoxy) is 2. The van der Waals surface area contributed by atoms with Gasteiger partial charge in [-0.2, -0.15) is 0 Å². The molecule has 2 atom stereocenters. The van der Waals surface area contributed by atoms with E-state index in [4.69, 9.17) is 32.7 Å². The first-order chi connectivity index (χ1) is 12.1. The van der Waals surface area contributed by atoms with Crippen molar-refractivity contribution >= 4 is 29.3 Å². The average molecular weight is 405 g/mol. The van der Waals surface area contributed by atoms with Crippen LogP contribution in [0.25, 0.3) is 0 Å². The van der Waals surface area contributed by atoms with E-state index in [1.807, 2.05) is 20.8 Å². The number of aliphatic hydroxyl groups excluding tert-OH is 1. The number of alkyl carbamates (subject to hydrolysis) is 1. The van der Waals surface area contributed by atoms with Crippen LogP contribution < -0.4 is 10.1 Å². The van der Waals surface area contributed by atoms with E-state index >= 15 is 0 Å². The van der Waals surface area contributed by atoms with Crippen LogP contribution in [-0.4, -0.2) is 60.1 Å². The van der Waals surface area contributed by atoms with Crippen LogP contribution in [0.15, 0.2) is 18.2 Å². The summed E-state index contributed by atoms with van der Waals surface area (Å²) in [5.41, 5.74) is -0.513. The fourth-order valence-corrected chi connectivity index (χ4v) is 2.99. The van der Waals surface area contributed by atoms with E-state index in [-0.39, 0.29) is 12.6 Å². The minimum atomic E-state index is -0.648. The van der Waals surface area contributed by atoms with E-state index in [1.165, 1.54) is 0 Å². The number of likely N-dealkylation sites (tertiary alicyclic amines) is 1. The molecule has 1 aromatic rings. The first-order valence-corrected chi connectivity index (χ1v) is 9.36. The monoisotopic (exact) mass is 404 g/mol. The molecule has 2 rings (SSSR count). The molecule has 0 saturated carbocycles. The van der Waals surface area contributed by atoms with Crippen LogP contribution in [0.4, 0.5) is 4.79 Å². The van der Waals surface area contributed by atoms with E-state index in [0.717, 1.165) is 13.0 Å². The Kier molecular flexibility index (Phi) is 7.41. The lowest BCUT2D eigenvalue weighted by Gasteiger charge is -2.22. The third kappa shape index (κ3) is 7.19. The van der Waals surface area contributed by atoms with E-state index in [9.17, 15) is 9.90 Å². The number of amides is 1. The number of hydrogen-bond acceptors (Lipinski definition) is 5. The summed E-state index contributed by atoms with van der Waals surface area (Å²) in [5, 5.41) is 13.9. The Bertz CT molecular complexity index is 622. The molecule has 1 aromatic carbocycles. The number of β-amino-alcohol motifs (C(OH)–C–C–N with tert-alkyl or cyclic N) is 1. The van der Waals surface area contributed by atoms with Crippen molar-refractivity contribution in [2.24, 2.45) is 0 Å². The van der Waals surface area contributed by atoms with Gasteiger partial charge in [-0.1, -0.05) is 23.2 Å². The maximum atomic E-state index is 11.8. The van der Waals surface area contributed by atoms with Crippen molar-refractivity contribution in [1.29, 1.82) is 0 Å². The molecule has 0 spiro atoms. The Balaban J connectivity index is 1.70. The standard InChI is InChI=1S/C18H26Cl2N2O4/c1-18(2,3)26-17(24)21-12-6-7-22(9-12)10-13(23)11-25-14-4-5-15(19)16(20)8-14/h4-5,8,12-13,23H,6-7,9-11H2,1-3H3,(H,21,24). The number of rotatable bonds is 6. The Morgan fingerprint density at radius 1 is 1.38 bits per heavy atom. The predicted molar refractivity (Wildman–Crippen MR) is 102 cm³/mol. The fourth-order valence-electron chi connectivity index (χ4n) is 2.70. The second-order valence-corrected chi connectivity index (χ2v) is 8.25. The zero-order valence-electron chi connectivity index (χ0n) is 15.3. The lowest BCUT2D eigenvalue weighted by molar-refractivity contribution is 0.0500. The molecule has 1 heterocycles. The maximum Gasteiger partial charge on any atom is 0.407 e. The Morgan fingerprint density at radius 2 is 2.12 bits per heavy atom. The summed E-state index contributed by atoms with van der Waals surface area (Å²) in [5.74, 6) is 0.560. The van der Waals surface area contributed by atoms with E-state index in [2.05, 4.69) is 10.2 Å². The third-order valence-electron chi connectivity index (χ3n) is 3.80. The van der Waals surface area contributed by atoms with Gasteiger partial charge in [-0.05, 0) is 39.3 Å². The molecule has 0 bridgehead atoms. The zero-order chi connectivity index (χ0) is 19.3. The van der Waals surface area contributed by atoms with Crippen molar-refractivity contribution in [3.63, 3.8) is 0 Å². The number of hydrogen-bond donors (Lipinski definition) is 2. The number of carbonyl (C=O) groups excluding carboxylic acids is 1. The smallest absolute Gasteiger partial charge is 0.407 e. The molecule has 6 nitrogen and oxygen atoms in total. The van der Waals surface area contributed by atoms with Crippen LogP contribution in [0.2, 0.25) is 10.0 Å². The first-order valence-electron chi connectivity index (χ1n) is 8.60. The molecule has 8 heteroatoms. The van der Waals surface area contributed by atoms with Crippen molar-refractivity contribution in [2.45, 2.75) is 44.9 Å². The van der Waals surface area contributed by atoms with Crippen LogP contribution in [-0.2, 0) is 4.74 Å². The van der Waals surface area contributed by atoms with Crippen molar-refractivity contribution in [1.82, 2.24) is 10.2 Å². The van der Waals surface area contributed by atoms with Gasteiger partial charge in [0.1, 0.15) is 24.1 Å². The van der Waals surface area contributed by atoms with Gasteiger partial charge in [0, 0.05) is 31.7 Å². The Labute approximate surface area is 164 Å². The van der Waals surface area contributed by atoms with E-state index in [1.54, 1.807) is 18.2 Å². The predicted octanol–water partition coefficient (Wildman–Crippen LogP) is 3.33. The molecule has 0 aliphatic carbocycles. The number of nitrogens with zero attached hydrogens (tertiary/aromatic N) is 1. The fraction of sp³-hybridized carbons (Fsp3) is 0.611. The van der Waals surface area contributed by atoms with Gasteiger partial charge in [0.25, 0.3) is 0 Å². The summed E-state index contributed by atoms with van der Waals surface area (Å²) in [6.45, 7) is 7.58.